The lowest BCUT2D eigenvalue weighted by Gasteiger charge is -2.16. The number of ether oxygens (including phenoxy) is 1. The SMILES string of the molecule is Cc1cc(-c2c(-c3ccc(F)cc3)nn3c2COCC3)c2cn[nH]c2n1. The molecule has 0 aliphatic carbocycles. The van der Waals surface area contributed by atoms with Crippen LogP contribution in [0.25, 0.3) is 33.4 Å². The topological polar surface area (TPSA) is 68.6 Å². The number of rotatable bonds is 2. The first-order valence-electron chi connectivity index (χ1n) is 8.45. The number of halogens is 1. The summed E-state index contributed by atoms with van der Waals surface area (Å²) in [5.74, 6) is -0.264. The Morgan fingerprint density at radius 2 is 2.08 bits per heavy atom. The van der Waals surface area contributed by atoms with Crippen LogP contribution in [-0.4, -0.2) is 31.6 Å². The van der Waals surface area contributed by atoms with E-state index in [0.29, 0.717) is 19.8 Å². The molecule has 0 amide bonds. The molecule has 0 bridgehead atoms. The summed E-state index contributed by atoms with van der Waals surface area (Å²) in [4.78, 5) is 4.51. The van der Waals surface area contributed by atoms with E-state index in [1.54, 1.807) is 18.3 Å². The van der Waals surface area contributed by atoms with Crippen molar-refractivity contribution >= 4 is 11.0 Å². The Hall–Kier alpha value is -3.06. The summed E-state index contributed by atoms with van der Waals surface area (Å²) in [6.07, 6.45) is 1.78. The zero-order chi connectivity index (χ0) is 17.7. The van der Waals surface area contributed by atoms with Crippen molar-refractivity contribution in [3.8, 4) is 22.4 Å². The minimum absolute atomic E-state index is 0.264. The Bertz CT molecular complexity index is 1110. The van der Waals surface area contributed by atoms with Gasteiger partial charge in [0.25, 0.3) is 0 Å². The number of nitrogens with one attached hydrogen (secondary N) is 1. The van der Waals surface area contributed by atoms with Gasteiger partial charge in [0.2, 0.25) is 0 Å². The number of aryl methyl sites for hydroxylation is 1. The minimum atomic E-state index is -0.264. The molecule has 26 heavy (non-hydrogen) atoms. The number of aromatic nitrogens is 5. The Kier molecular flexibility index (Phi) is 3.36. The second-order valence-corrected chi connectivity index (χ2v) is 6.40. The van der Waals surface area contributed by atoms with Crippen LogP contribution in [0.15, 0.2) is 36.5 Å². The molecule has 4 aromatic rings. The van der Waals surface area contributed by atoms with E-state index in [1.165, 1.54) is 12.1 Å². The largest absolute Gasteiger partial charge is 0.373 e. The van der Waals surface area contributed by atoms with Gasteiger partial charge in [-0.2, -0.15) is 10.2 Å². The van der Waals surface area contributed by atoms with Gasteiger partial charge in [0, 0.05) is 27.8 Å². The van der Waals surface area contributed by atoms with Gasteiger partial charge < -0.3 is 4.74 Å². The fraction of sp³-hybridized carbons (Fsp3) is 0.211. The van der Waals surface area contributed by atoms with Crippen LogP contribution in [-0.2, 0) is 17.9 Å². The molecule has 0 spiro atoms. The molecule has 0 saturated heterocycles. The lowest BCUT2D eigenvalue weighted by atomic mass is 9.97. The summed E-state index contributed by atoms with van der Waals surface area (Å²) >= 11 is 0. The molecule has 0 fully saturated rings. The summed E-state index contributed by atoms with van der Waals surface area (Å²) in [6, 6.07) is 8.47. The van der Waals surface area contributed by atoms with Crippen LogP contribution >= 0.6 is 0 Å². The van der Waals surface area contributed by atoms with Gasteiger partial charge >= 0.3 is 0 Å². The molecule has 4 heterocycles. The minimum Gasteiger partial charge on any atom is -0.373 e. The zero-order valence-electron chi connectivity index (χ0n) is 14.2. The molecular weight excluding hydrogens is 333 g/mol. The van der Waals surface area contributed by atoms with Crippen molar-refractivity contribution in [1.82, 2.24) is 25.0 Å². The smallest absolute Gasteiger partial charge is 0.155 e. The lowest BCUT2D eigenvalue weighted by molar-refractivity contribution is 0.0805. The average molecular weight is 349 g/mol. The highest BCUT2D eigenvalue weighted by atomic mass is 19.1. The van der Waals surface area contributed by atoms with Crippen molar-refractivity contribution in [1.29, 1.82) is 0 Å². The number of hydrogen-bond donors (Lipinski definition) is 1. The fourth-order valence-corrected chi connectivity index (χ4v) is 3.50. The maximum absolute atomic E-state index is 13.4. The van der Waals surface area contributed by atoms with Gasteiger partial charge in [-0.1, -0.05) is 0 Å². The number of hydrogen-bond acceptors (Lipinski definition) is 4. The maximum Gasteiger partial charge on any atom is 0.155 e. The quantitative estimate of drug-likeness (QED) is 0.602. The summed E-state index contributed by atoms with van der Waals surface area (Å²) in [5.41, 5.74) is 6.33. The van der Waals surface area contributed by atoms with Crippen molar-refractivity contribution in [2.24, 2.45) is 0 Å². The number of benzene rings is 1. The van der Waals surface area contributed by atoms with Gasteiger partial charge in [0.05, 0.1) is 31.6 Å². The van der Waals surface area contributed by atoms with E-state index in [1.807, 2.05) is 17.7 Å². The second-order valence-electron chi connectivity index (χ2n) is 6.40. The van der Waals surface area contributed by atoms with Crippen molar-refractivity contribution in [2.75, 3.05) is 6.61 Å². The highest BCUT2D eigenvalue weighted by Gasteiger charge is 2.25. The standard InChI is InChI=1S/C19H16FN5O/c1-11-8-14(15-9-21-23-19(15)22-11)17-16-10-26-7-6-25(16)24-18(17)12-2-4-13(20)5-3-12/h2-5,8-9H,6-7,10H2,1H3,(H,21,22,23). The van der Waals surface area contributed by atoms with Crippen molar-refractivity contribution < 1.29 is 9.13 Å². The number of aromatic amines is 1. The molecule has 0 unspecified atom stereocenters. The first kappa shape index (κ1) is 15.2. The first-order valence-corrected chi connectivity index (χ1v) is 8.45. The van der Waals surface area contributed by atoms with Crippen molar-refractivity contribution in [2.45, 2.75) is 20.1 Å². The van der Waals surface area contributed by atoms with E-state index >= 15 is 0 Å². The van der Waals surface area contributed by atoms with Crippen LogP contribution < -0.4 is 0 Å². The fourth-order valence-electron chi connectivity index (χ4n) is 3.50. The Labute approximate surface area is 148 Å². The highest BCUT2D eigenvalue weighted by Crippen LogP contribution is 2.39. The van der Waals surface area contributed by atoms with Crippen LogP contribution in [0, 0.1) is 12.7 Å². The van der Waals surface area contributed by atoms with E-state index in [2.05, 4.69) is 15.2 Å². The average Bonchev–Trinajstić information content (AvgIpc) is 3.26. The summed E-state index contributed by atoms with van der Waals surface area (Å²) in [7, 11) is 0. The third-order valence-electron chi connectivity index (χ3n) is 4.68. The molecule has 1 aliphatic rings. The molecule has 130 valence electrons. The van der Waals surface area contributed by atoms with Crippen LogP contribution in [0.4, 0.5) is 4.39 Å². The van der Waals surface area contributed by atoms with Crippen LogP contribution in [0.1, 0.15) is 11.4 Å². The number of pyridine rings is 1. The first-order chi connectivity index (χ1) is 12.7. The van der Waals surface area contributed by atoms with E-state index < -0.39 is 0 Å². The van der Waals surface area contributed by atoms with E-state index in [4.69, 9.17) is 9.84 Å². The van der Waals surface area contributed by atoms with E-state index in [0.717, 1.165) is 44.8 Å². The van der Waals surface area contributed by atoms with Gasteiger partial charge in [0.1, 0.15) is 11.5 Å². The molecule has 1 N–H and O–H groups in total. The molecule has 0 radical (unpaired) electrons. The third kappa shape index (κ3) is 2.32. The number of fused-ring (bicyclic) bond motifs is 2. The summed E-state index contributed by atoms with van der Waals surface area (Å²) < 4.78 is 21.1. The highest BCUT2D eigenvalue weighted by molar-refractivity contribution is 5.97. The van der Waals surface area contributed by atoms with E-state index in [9.17, 15) is 4.39 Å². The van der Waals surface area contributed by atoms with Gasteiger partial charge in [0.15, 0.2) is 5.65 Å². The van der Waals surface area contributed by atoms with Gasteiger partial charge in [-0.3, -0.25) is 9.78 Å². The van der Waals surface area contributed by atoms with E-state index in [-0.39, 0.29) is 5.82 Å². The van der Waals surface area contributed by atoms with Crippen molar-refractivity contribution in [3.63, 3.8) is 0 Å². The molecule has 0 atom stereocenters. The van der Waals surface area contributed by atoms with Crippen LogP contribution in [0.3, 0.4) is 0 Å². The Balaban J connectivity index is 1.83. The summed E-state index contributed by atoms with van der Waals surface area (Å²) in [5, 5.41) is 12.8. The molecule has 7 heteroatoms. The number of nitrogens with zero attached hydrogens (tertiary/aromatic N) is 4. The predicted octanol–water partition coefficient (Wildman–Crippen LogP) is 3.47. The zero-order valence-corrected chi connectivity index (χ0v) is 14.2. The van der Waals surface area contributed by atoms with Gasteiger partial charge in [-0.25, -0.2) is 9.37 Å². The predicted molar refractivity (Wildman–Crippen MR) is 94.9 cm³/mol. The third-order valence-corrected chi connectivity index (χ3v) is 4.68. The molecule has 6 nitrogen and oxygen atoms in total. The normalized spacial score (nSPS) is 13.9. The lowest BCUT2D eigenvalue weighted by Crippen LogP contribution is -2.17. The number of H-pyrrole nitrogens is 1. The summed E-state index contributed by atoms with van der Waals surface area (Å²) in [6.45, 7) is 3.77. The van der Waals surface area contributed by atoms with Crippen LogP contribution in [0.5, 0.6) is 0 Å². The van der Waals surface area contributed by atoms with Gasteiger partial charge in [-0.05, 0) is 37.3 Å². The molecule has 1 aromatic carbocycles. The molecular formula is C19H16FN5O. The molecule has 5 rings (SSSR count). The Morgan fingerprint density at radius 3 is 2.92 bits per heavy atom. The monoisotopic (exact) mass is 349 g/mol. The van der Waals surface area contributed by atoms with Crippen molar-refractivity contribution in [3.05, 3.63) is 53.7 Å². The molecule has 0 saturated carbocycles. The second kappa shape index (κ2) is 5.74. The molecule has 3 aromatic heterocycles. The molecule has 1 aliphatic heterocycles. The van der Waals surface area contributed by atoms with Crippen LogP contribution in [0.2, 0.25) is 0 Å². The maximum atomic E-state index is 13.4. The Morgan fingerprint density at radius 1 is 1.23 bits per heavy atom. The van der Waals surface area contributed by atoms with Gasteiger partial charge in [-0.15, -0.1) is 0 Å².